The molecule has 168 valence electrons. The Kier molecular flexibility index (Phi) is 7.61. The van der Waals surface area contributed by atoms with E-state index in [9.17, 15) is 19.2 Å². The molecule has 10 heteroatoms. The lowest BCUT2D eigenvalue weighted by Gasteiger charge is -2.11. The van der Waals surface area contributed by atoms with Gasteiger partial charge in [-0.15, -0.1) is 0 Å². The zero-order valence-corrected chi connectivity index (χ0v) is 17.8. The van der Waals surface area contributed by atoms with Crippen molar-refractivity contribution < 1.29 is 28.7 Å². The van der Waals surface area contributed by atoms with Crippen LogP contribution in [0.3, 0.4) is 0 Å². The first-order chi connectivity index (χ1) is 15.8. The Morgan fingerprint density at radius 3 is 2.30 bits per heavy atom. The van der Waals surface area contributed by atoms with Crippen LogP contribution in [0.1, 0.15) is 26.5 Å². The number of carbonyl (C=O) groups excluding carboxylic acids is 3. The second-order valence-electron chi connectivity index (χ2n) is 6.62. The van der Waals surface area contributed by atoms with E-state index in [-0.39, 0.29) is 17.0 Å². The van der Waals surface area contributed by atoms with E-state index in [4.69, 9.17) is 21.1 Å². The zero-order chi connectivity index (χ0) is 23.8. The molecule has 3 aromatic rings. The van der Waals surface area contributed by atoms with Crippen molar-refractivity contribution in [2.45, 2.75) is 0 Å². The molecule has 3 amide bonds. The molecular weight excluding hydrogens is 450 g/mol. The number of aliphatic carboxylic acids is 1. The summed E-state index contributed by atoms with van der Waals surface area (Å²) in [4.78, 5) is 47.8. The topological polar surface area (TPSA) is 138 Å². The van der Waals surface area contributed by atoms with Gasteiger partial charge in [0.15, 0.2) is 5.76 Å². The molecule has 0 bridgehead atoms. The summed E-state index contributed by atoms with van der Waals surface area (Å²) in [6.45, 7) is -0.511. The molecule has 0 spiro atoms. The zero-order valence-electron chi connectivity index (χ0n) is 17.0. The molecule has 4 N–H and O–H groups in total. The second kappa shape index (κ2) is 10.8. The highest BCUT2D eigenvalue weighted by atomic mass is 35.5. The standard InChI is InChI=1S/C23H18ClN3O6/c24-17-5-2-1-4-15(17)12-18(27-23(32)19-6-3-11-33-19)22(31)26-16-9-7-14(8-10-16)21(30)25-13-20(28)29/h1-12H,13H2,(H,25,30)(H,26,31)(H,27,32)(H,28,29). The number of rotatable bonds is 8. The molecule has 0 aliphatic heterocycles. The van der Waals surface area contributed by atoms with Crippen molar-refractivity contribution in [3.05, 3.63) is 94.5 Å². The van der Waals surface area contributed by atoms with Crippen molar-refractivity contribution >= 4 is 47.1 Å². The lowest BCUT2D eigenvalue weighted by Crippen LogP contribution is -2.30. The van der Waals surface area contributed by atoms with Gasteiger partial charge in [0.2, 0.25) is 0 Å². The molecule has 9 nitrogen and oxygen atoms in total. The first-order valence-corrected chi connectivity index (χ1v) is 9.94. The van der Waals surface area contributed by atoms with E-state index in [0.717, 1.165) is 0 Å². The van der Waals surface area contributed by atoms with Gasteiger partial charge >= 0.3 is 5.97 Å². The van der Waals surface area contributed by atoms with Gasteiger partial charge in [-0.2, -0.15) is 0 Å². The Hall–Kier alpha value is -4.37. The van der Waals surface area contributed by atoms with E-state index in [1.54, 1.807) is 30.3 Å². The SMILES string of the molecule is O=C(O)CNC(=O)c1ccc(NC(=O)C(=Cc2ccccc2Cl)NC(=O)c2ccco2)cc1. The first-order valence-electron chi connectivity index (χ1n) is 9.56. The molecule has 0 atom stereocenters. The van der Waals surface area contributed by atoms with Crippen molar-refractivity contribution in [1.82, 2.24) is 10.6 Å². The monoisotopic (exact) mass is 467 g/mol. The van der Waals surface area contributed by atoms with Crippen LogP contribution in [0.25, 0.3) is 6.08 Å². The van der Waals surface area contributed by atoms with Gasteiger partial charge in [-0.3, -0.25) is 19.2 Å². The van der Waals surface area contributed by atoms with Crippen LogP contribution >= 0.6 is 11.6 Å². The second-order valence-corrected chi connectivity index (χ2v) is 7.03. The highest BCUT2D eigenvalue weighted by Crippen LogP contribution is 2.19. The Balaban J connectivity index is 1.78. The summed E-state index contributed by atoms with van der Waals surface area (Å²) >= 11 is 6.18. The van der Waals surface area contributed by atoms with Crippen LogP contribution in [-0.4, -0.2) is 35.3 Å². The van der Waals surface area contributed by atoms with Crippen LogP contribution in [0.5, 0.6) is 0 Å². The minimum Gasteiger partial charge on any atom is -0.480 e. The Morgan fingerprint density at radius 1 is 0.939 bits per heavy atom. The Morgan fingerprint density at radius 2 is 1.67 bits per heavy atom. The van der Waals surface area contributed by atoms with E-state index in [1.807, 2.05) is 0 Å². The van der Waals surface area contributed by atoms with E-state index in [1.165, 1.54) is 42.7 Å². The number of halogens is 1. The van der Waals surface area contributed by atoms with Crippen LogP contribution in [0.2, 0.25) is 5.02 Å². The molecular formula is C23H18ClN3O6. The lowest BCUT2D eigenvalue weighted by atomic mass is 10.1. The predicted octanol–water partition coefficient (Wildman–Crippen LogP) is 3.16. The van der Waals surface area contributed by atoms with Gasteiger partial charge in [0, 0.05) is 16.3 Å². The fourth-order valence-electron chi connectivity index (χ4n) is 2.66. The Labute approximate surface area is 193 Å². The maximum atomic E-state index is 12.9. The number of carboxylic acids is 1. The van der Waals surface area contributed by atoms with Crippen LogP contribution in [-0.2, 0) is 9.59 Å². The number of anilines is 1. The average molecular weight is 468 g/mol. The van der Waals surface area contributed by atoms with Gasteiger partial charge in [0.1, 0.15) is 12.2 Å². The number of nitrogens with one attached hydrogen (secondary N) is 3. The van der Waals surface area contributed by atoms with E-state index < -0.39 is 30.2 Å². The number of hydrogen-bond acceptors (Lipinski definition) is 5. The quantitative estimate of drug-likeness (QED) is 0.375. The molecule has 0 aliphatic rings. The maximum Gasteiger partial charge on any atom is 0.322 e. The summed E-state index contributed by atoms with van der Waals surface area (Å²) in [5, 5.41) is 16.4. The number of benzene rings is 2. The van der Waals surface area contributed by atoms with Gasteiger partial charge in [0.25, 0.3) is 17.7 Å². The molecule has 0 fully saturated rings. The summed E-state index contributed by atoms with van der Waals surface area (Å²) in [6, 6.07) is 15.6. The van der Waals surface area contributed by atoms with Gasteiger partial charge in [-0.1, -0.05) is 29.8 Å². The van der Waals surface area contributed by atoms with E-state index in [2.05, 4.69) is 16.0 Å². The lowest BCUT2D eigenvalue weighted by molar-refractivity contribution is -0.135. The van der Waals surface area contributed by atoms with Gasteiger partial charge in [0.05, 0.1) is 6.26 Å². The third kappa shape index (κ3) is 6.55. The van der Waals surface area contributed by atoms with Crippen molar-refractivity contribution in [2.24, 2.45) is 0 Å². The highest BCUT2D eigenvalue weighted by Gasteiger charge is 2.17. The van der Waals surface area contributed by atoms with Gasteiger partial charge in [-0.05, 0) is 54.1 Å². The van der Waals surface area contributed by atoms with Crippen LogP contribution in [0.15, 0.2) is 77.0 Å². The molecule has 33 heavy (non-hydrogen) atoms. The number of hydrogen-bond donors (Lipinski definition) is 4. The minimum atomic E-state index is -1.17. The first kappa shape index (κ1) is 23.3. The predicted molar refractivity (Wildman–Crippen MR) is 121 cm³/mol. The fourth-order valence-corrected chi connectivity index (χ4v) is 2.85. The van der Waals surface area contributed by atoms with Crippen molar-refractivity contribution in [3.8, 4) is 0 Å². The number of carboxylic acid groups (broad SMARTS) is 1. The van der Waals surface area contributed by atoms with Crippen LogP contribution in [0, 0.1) is 0 Å². The van der Waals surface area contributed by atoms with E-state index in [0.29, 0.717) is 16.3 Å². The maximum absolute atomic E-state index is 12.9. The fraction of sp³-hybridized carbons (Fsp3) is 0.0435. The third-order valence-corrected chi connectivity index (χ3v) is 4.59. The van der Waals surface area contributed by atoms with Gasteiger partial charge < -0.3 is 25.5 Å². The molecule has 0 unspecified atom stereocenters. The largest absolute Gasteiger partial charge is 0.480 e. The van der Waals surface area contributed by atoms with Crippen molar-refractivity contribution in [1.29, 1.82) is 0 Å². The summed E-state index contributed by atoms with van der Waals surface area (Å²) < 4.78 is 5.07. The molecule has 2 aromatic carbocycles. The van der Waals surface area contributed by atoms with Gasteiger partial charge in [-0.25, -0.2) is 0 Å². The summed E-state index contributed by atoms with van der Waals surface area (Å²) in [6.07, 6.45) is 2.76. The number of furan rings is 1. The molecule has 0 aliphatic carbocycles. The molecule has 3 rings (SSSR count). The normalized spacial score (nSPS) is 10.9. The Bertz CT molecular complexity index is 1200. The van der Waals surface area contributed by atoms with Crippen molar-refractivity contribution in [3.63, 3.8) is 0 Å². The van der Waals surface area contributed by atoms with E-state index >= 15 is 0 Å². The molecule has 0 radical (unpaired) electrons. The highest BCUT2D eigenvalue weighted by molar-refractivity contribution is 6.32. The van der Waals surface area contributed by atoms with Crippen LogP contribution in [0.4, 0.5) is 5.69 Å². The number of carbonyl (C=O) groups is 4. The van der Waals surface area contributed by atoms with Crippen molar-refractivity contribution in [2.75, 3.05) is 11.9 Å². The number of amides is 3. The minimum absolute atomic E-state index is 0.0181. The molecule has 1 heterocycles. The molecule has 0 saturated carbocycles. The average Bonchev–Trinajstić information content (AvgIpc) is 3.34. The summed E-state index contributed by atoms with van der Waals surface area (Å²) in [7, 11) is 0. The third-order valence-electron chi connectivity index (χ3n) is 4.25. The summed E-state index contributed by atoms with van der Waals surface area (Å²) in [5.74, 6) is -2.98. The van der Waals surface area contributed by atoms with Crippen LogP contribution < -0.4 is 16.0 Å². The smallest absolute Gasteiger partial charge is 0.322 e. The molecule has 1 aromatic heterocycles. The summed E-state index contributed by atoms with van der Waals surface area (Å²) in [5.41, 5.74) is 0.974. The molecule has 0 saturated heterocycles.